The molecule has 0 bridgehead atoms. The van der Waals surface area contributed by atoms with Gasteiger partial charge in [-0.1, -0.05) is 26.3 Å². The summed E-state index contributed by atoms with van der Waals surface area (Å²) in [7, 11) is 1.75. The fourth-order valence-corrected chi connectivity index (χ4v) is 6.07. The molecule has 5 atom stereocenters. The average molecular weight is 312 g/mol. The summed E-state index contributed by atoms with van der Waals surface area (Å²) in [6, 6.07) is 6.68. The molecular formula is C21H28O2. The first-order chi connectivity index (χ1) is 11.1. The molecule has 0 radical (unpaired) electrons. The van der Waals surface area contributed by atoms with Crippen molar-refractivity contribution in [2.24, 2.45) is 23.2 Å². The van der Waals surface area contributed by atoms with Crippen molar-refractivity contribution >= 4 is 5.78 Å². The predicted octanol–water partition coefficient (Wildman–Crippen LogP) is 4.76. The Balaban J connectivity index is 1.76. The Kier molecular flexibility index (Phi) is 3.55. The van der Waals surface area contributed by atoms with Crippen LogP contribution in [-0.2, 0) is 11.2 Å². The van der Waals surface area contributed by atoms with E-state index in [4.69, 9.17) is 4.74 Å². The number of hydrogen-bond acceptors (Lipinski definition) is 2. The second-order valence-corrected chi connectivity index (χ2v) is 8.15. The van der Waals surface area contributed by atoms with Crippen molar-refractivity contribution in [2.45, 2.75) is 58.3 Å². The summed E-state index contributed by atoms with van der Waals surface area (Å²) in [5.74, 6) is 4.19. The first-order valence-corrected chi connectivity index (χ1v) is 9.28. The molecule has 0 amide bonds. The summed E-state index contributed by atoms with van der Waals surface area (Å²) in [6.45, 7) is 4.59. The Hall–Kier alpha value is -1.31. The minimum Gasteiger partial charge on any atom is -0.497 e. The highest BCUT2D eigenvalue weighted by Crippen LogP contribution is 2.61. The second-order valence-electron chi connectivity index (χ2n) is 8.15. The number of ketones is 1. The Morgan fingerprint density at radius 2 is 2.13 bits per heavy atom. The van der Waals surface area contributed by atoms with Crippen molar-refractivity contribution in [1.82, 2.24) is 0 Å². The summed E-state index contributed by atoms with van der Waals surface area (Å²) in [6.07, 6.45) is 6.58. The standard InChI is InChI=1S/C21H28O2/c1-4-13-11-14-12-15(23-3)5-6-16(14)17-9-10-21(2)18(20(13)17)7-8-19(21)22/h5-6,12-13,17-18,20H,4,7-11H2,1-3H3/t13-,17?,18?,20-,21+/m1/s1. The smallest absolute Gasteiger partial charge is 0.139 e. The molecule has 2 heteroatoms. The average Bonchev–Trinajstić information content (AvgIpc) is 2.88. The first-order valence-electron chi connectivity index (χ1n) is 9.28. The van der Waals surface area contributed by atoms with Gasteiger partial charge in [-0.25, -0.2) is 0 Å². The van der Waals surface area contributed by atoms with Gasteiger partial charge in [-0.2, -0.15) is 0 Å². The lowest BCUT2D eigenvalue weighted by molar-refractivity contribution is -0.130. The molecule has 23 heavy (non-hydrogen) atoms. The summed E-state index contributed by atoms with van der Waals surface area (Å²) in [5.41, 5.74) is 3.01. The number of carbonyl (C=O) groups is 1. The van der Waals surface area contributed by atoms with Crippen molar-refractivity contribution in [3.8, 4) is 5.75 Å². The van der Waals surface area contributed by atoms with E-state index >= 15 is 0 Å². The zero-order valence-electron chi connectivity index (χ0n) is 14.6. The van der Waals surface area contributed by atoms with Crippen LogP contribution in [0.25, 0.3) is 0 Å². The van der Waals surface area contributed by atoms with Crippen molar-refractivity contribution in [3.05, 3.63) is 29.3 Å². The van der Waals surface area contributed by atoms with Gasteiger partial charge in [0.25, 0.3) is 0 Å². The SMILES string of the molecule is CC[C@@H]1Cc2cc(OC)ccc2C2CC[C@]3(C)C(=O)CCC3[C@@H]21. The van der Waals surface area contributed by atoms with Crippen molar-refractivity contribution in [2.75, 3.05) is 7.11 Å². The number of benzene rings is 1. The maximum atomic E-state index is 12.5. The maximum Gasteiger partial charge on any atom is 0.139 e. The maximum absolute atomic E-state index is 12.5. The van der Waals surface area contributed by atoms with Gasteiger partial charge in [0.1, 0.15) is 11.5 Å². The third-order valence-corrected chi connectivity index (χ3v) is 7.34. The summed E-state index contributed by atoms with van der Waals surface area (Å²) in [4.78, 5) is 12.5. The zero-order valence-corrected chi connectivity index (χ0v) is 14.6. The van der Waals surface area contributed by atoms with Crippen LogP contribution >= 0.6 is 0 Å². The molecule has 0 N–H and O–H groups in total. The molecule has 124 valence electrons. The van der Waals surface area contributed by atoms with Gasteiger partial charge in [0.2, 0.25) is 0 Å². The molecule has 0 heterocycles. The molecular weight excluding hydrogens is 284 g/mol. The predicted molar refractivity (Wildman–Crippen MR) is 91.8 cm³/mol. The number of hydrogen-bond donors (Lipinski definition) is 0. The van der Waals surface area contributed by atoms with Crippen LogP contribution in [0.5, 0.6) is 5.75 Å². The molecule has 3 aliphatic carbocycles. The molecule has 2 unspecified atom stereocenters. The van der Waals surface area contributed by atoms with Crippen LogP contribution in [0.3, 0.4) is 0 Å². The highest BCUT2D eigenvalue weighted by Gasteiger charge is 2.56. The molecule has 2 nitrogen and oxygen atoms in total. The van der Waals surface area contributed by atoms with E-state index in [1.54, 1.807) is 12.7 Å². The van der Waals surface area contributed by atoms with Gasteiger partial charge in [0, 0.05) is 11.8 Å². The lowest BCUT2D eigenvalue weighted by atomic mass is 9.52. The first kappa shape index (κ1) is 15.2. The van der Waals surface area contributed by atoms with E-state index in [1.165, 1.54) is 18.4 Å². The van der Waals surface area contributed by atoms with E-state index < -0.39 is 0 Å². The third kappa shape index (κ3) is 2.10. The van der Waals surface area contributed by atoms with Crippen LogP contribution in [0.4, 0.5) is 0 Å². The van der Waals surface area contributed by atoms with Crippen molar-refractivity contribution < 1.29 is 9.53 Å². The molecule has 4 rings (SSSR count). The molecule has 1 aromatic rings. The number of fused-ring (bicyclic) bond motifs is 5. The van der Waals surface area contributed by atoms with Crippen LogP contribution in [0.2, 0.25) is 0 Å². The van der Waals surface area contributed by atoms with Crippen LogP contribution in [0.1, 0.15) is 63.0 Å². The number of rotatable bonds is 2. The molecule has 3 aliphatic rings. The summed E-state index contributed by atoms with van der Waals surface area (Å²) < 4.78 is 5.44. The highest BCUT2D eigenvalue weighted by molar-refractivity contribution is 5.87. The minimum absolute atomic E-state index is 0.0292. The summed E-state index contributed by atoms with van der Waals surface area (Å²) in [5, 5.41) is 0. The van der Waals surface area contributed by atoms with Crippen molar-refractivity contribution in [1.29, 1.82) is 0 Å². The Morgan fingerprint density at radius 3 is 2.87 bits per heavy atom. The Morgan fingerprint density at radius 1 is 1.30 bits per heavy atom. The van der Waals surface area contributed by atoms with E-state index in [9.17, 15) is 4.79 Å². The minimum atomic E-state index is -0.0292. The van der Waals surface area contributed by atoms with E-state index in [1.807, 2.05) is 0 Å². The van der Waals surface area contributed by atoms with E-state index in [2.05, 4.69) is 32.0 Å². The van der Waals surface area contributed by atoms with Gasteiger partial charge in [0.05, 0.1) is 7.11 Å². The Labute approximate surface area is 139 Å². The largest absolute Gasteiger partial charge is 0.497 e. The van der Waals surface area contributed by atoms with E-state index in [-0.39, 0.29) is 5.41 Å². The topological polar surface area (TPSA) is 26.3 Å². The van der Waals surface area contributed by atoms with Crippen molar-refractivity contribution in [3.63, 3.8) is 0 Å². The quantitative estimate of drug-likeness (QED) is 0.787. The van der Waals surface area contributed by atoms with Crippen LogP contribution in [-0.4, -0.2) is 12.9 Å². The second kappa shape index (κ2) is 5.36. The number of carbonyl (C=O) groups excluding carboxylic acids is 1. The number of Topliss-reactive ketones (excluding diaryl/α,β-unsaturated/α-hetero) is 1. The molecule has 2 saturated carbocycles. The van der Waals surface area contributed by atoms with Crippen LogP contribution in [0.15, 0.2) is 18.2 Å². The number of ether oxygens (including phenoxy) is 1. The van der Waals surface area contributed by atoms with Gasteiger partial charge in [-0.05, 0) is 72.6 Å². The summed E-state index contributed by atoms with van der Waals surface area (Å²) >= 11 is 0. The lowest BCUT2D eigenvalue weighted by Gasteiger charge is -2.51. The molecule has 0 aliphatic heterocycles. The van der Waals surface area contributed by atoms with Gasteiger partial charge >= 0.3 is 0 Å². The van der Waals surface area contributed by atoms with E-state index in [0.29, 0.717) is 23.5 Å². The zero-order chi connectivity index (χ0) is 16.2. The lowest BCUT2D eigenvalue weighted by Crippen LogP contribution is -2.46. The number of methoxy groups -OCH3 is 1. The highest BCUT2D eigenvalue weighted by atomic mass is 16.5. The third-order valence-electron chi connectivity index (χ3n) is 7.34. The molecule has 0 aromatic heterocycles. The fourth-order valence-electron chi connectivity index (χ4n) is 6.07. The van der Waals surface area contributed by atoms with Crippen LogP contribution in [0, 0.1) is 23.2 Å². The molecule has 0 spiro atoms. The van der Waals surface area contributed by atoms with Gasteiger partial charge < -0.3 is 4.74 Å². The molecule has 1 aromatic carbocycles. The monoisotopic (exact) mass is 312 g/mol. The van der Waals surface area contributed by atoms with Gasteiger partial charge in [-0.15, -0.1) is 0 Å². The van der Waals surface area contributed by atoms with Gasteiger partial charge in [-0.3, -0.25) is 4.79 Å². The molecule has 0 saturated heterocycles. The van der Waals surface area contributed by atoms with Gasteiger partial charge in [0.15, 0.2) is 0 Å². The van der Waals surface area contributed by atoms with Crippen LogP contribution < -0.4 is 4.74 Å². The Bertz CT molecular complexity index is 635. The normalized spacial score (nSPS) is 38.7. The molecule has 2 fully saturated rings. The van der Waals surface area contributed by atoms with E-state index in [0.717, 1.165) is 37.4 Å². The fraction of sp³-hybridized carbons (Fsp3) is 0.667.